The first-order chi connectivity index (χ1) is 11.1. The fraction of sp³-hybridized carbons (Fsp3) is 0.222. The topological polar surface area (TPSA) is 49.4 Å². The zero-order valence-electron chi connectivity index (χ0n) is 12.8. The maximum atomic E-state index is 13.6. The monoisotopic (exact) mass is 312 g/mol. The molecule has 2 amide bonds. The Hall–Kier alpha value is -2.69. The highest BCUT2D eigenvalue weighted by Gasteiger charge is 2.30. The fourth-order valence-corrected chi connectivity index (χ4v) is 2.93. The lowest BCUT2D eigenvalue weighted by atomic mass is 10.1. The van der Waals surface area contributed by atoms with E-state index >= 15 is 0 Å². The molecule has 0 aliphatic carbocycles. The molecule has 0 fully saturated rings. The van der Waals surface area contributed by atoms with Gasteiger partial charge in [0.15, 0.2) is 0 Å². The van der Waals surface area contributed by atoms with Crippen LogP contribution in [0.2, 0.25) is 0 Å². The summed E-state index contributed by atoms with van der Waals surface area (Å²) in [6, 6.07) is 13.5. The largest absolute Gasteiger partial charge is 0.343 e. The molecule has 0 aromatic heterocycles. The normalized spacial score (nSPS) is 16.1. The SMILES string of the molecule is CC1Cc2ccccc2N1C(=O)CNC(=O)c1ccccc1F. The Kier molecular flexibility index (Phi) is 4.10. The van der Waals surface area contributed by atoms with E-state index in [0.717, 1.165) is 17.7 Å². The van der Waals surface area contributed by atoms with Gasteiger partial charge in [-0.2, -0.15) is 0 Å². The maximum Gasteiger partial charge on any atom is 0.254 e. The summed E-state index contributed by atoms with van der Waals surface area (Å²) in [4.78, 5) is 26.1. The molecule has 2 aromatic rings. The molecule has 2 aromatic carbocycles. The van der Waals surface area contributed by atoms with Crippen molar-refractivity contribution in [2.24, 2.45) is 0 Å². The second-order valence-corrected chi connectivity index (χ2v) is 5.61. The third-order valence-electron chi connectivity index (χ3n) is 3.99. The number of nitrogens with one attached hydrogen (secondary N) is 1. The number of hydrogen-bond donors (Lipinski definition) is 1. The summed E-state index contributed by atoms with van der Waals surface area (Å²) in [5.74, 6) is -1.39. The van der Waals surface area contributed by atoms with Gasteiger partial charge in [-0.05, 0) is 37.1 Å². The van der Waals surface area contributed by atoms with Crippen LogP contribution < -0.4 is 10.2 Å². The van der Waals surface area contributed by atoms with Crippen LogP contribution in [-0.4, -0.2) is 24.4 Å². The summed E-state index contributed by atoms with van der Waals surface area (Å²) in [6.07, 6.45) is 0.795. The molecule has 1 heterocycles. The third kappa shape index (κ3) is 2.95. The number of halogens is 1. The molecule has 1 atom stereocenters. The minimum absolute atomic E-state index is 0.0465. The van der Waals surface area contributed by atoms with Gasteiger partial charge in [0.25, 0.3) is 5.91 Å². The van der Waals surface area contributed by atoms with E-state index in [1.165, 1.54) is 18.2 Å². The number of rotatable bonds is 3. The van der Waals surface area contributed by atoms with Crippen molar-refractivity contribution in [3.05, 3.63) is 65.5 Å². The van der Waals surface area contributed by atoms with Crippen LogP contribution in [0, 0.1) is 5.82 Å². The van der Waals surface area contributed by atoms with Crippen LogP contribution in [0.15, 0.2) is 48.5 Å². The number of fused-ring (bicyclic) bond motifs is 1. The molecule has 0 bridgehead atoms. The lowest BCUT2D eigenvalue weighted by molar-refractivity contribution is -0.118. The van der Waals surface area contributed by atoms with E-state index in [1.807, 2.05) is 31.2 Å². The van der Waals surface area contributed by atoms with Crippen molar-refractivity contribution in [1.82, 2.24) is 5.32 Å². The zero-order valence-corrected chi connectivity index (χ0v) is 12.8. The molecule has 1 N–H and O–H groups in total. The number of carbonyl (C=O) groups excluding carboxylic acids is 2. The maximum absolute atomic E-state index is 13.6. The highest BCUT2D eigenvalue weighted by atomic mass is 19.1. The first-order valence-electron chi connectivity index (χ1n) is 7.50. The van der Waals surface area contributed by atoms with Crippen LogP contribution in [0.5, 0.6) is 0 Å². The Labute approximate surface area is 133 Å². The van der Waals surface area contributed by atoms with E-state index in [1.54, 1.807) is 11.0 Å². The highest BCUT2D eigenvalue weighted by molar-refractivity contribution is 6.01. The average molecular weight is 312 g/mol. The fourth-order valence-electron chi connectivity index (χ4n) is 2.93. The number of nitrogens with zero attached hydrogens (tertiary/aromatic N) is 1. The molecule has 1 aliphatic rings. The van der Waals surface area contributed by atoms with Gasteiger partial charge in [0.1, 0.15) is 5.82 Å². The van der Waals surface area contributed by atoms with Crippen molar-refractivity contribution in [2.75, 3.05) is 11.4 Å². The van der Waals surface area contributed by atoms with Crippen LogP contribution in [0.3, 0.4) is 0 Å². The molecule has 0 radical (unpaired) electrons. The van der Waals surface area contributed by atoms with E-state index in [4.69, 9.17) is 0 Å². The van der Waals surface area contributed by atoms with Crippen LogP contribution >= 0.6 is 0 Å². The highest BCUT2D eigenvalue weighted by Crippen LogP contribution is 2.31. The predicted molar refractivity (Wildman–Crippen MR) is 85.8 cm³/mol. The standard InChI is InChI=1S/C18H17FN2O2/c1-12-10-13-6-2-5-9-16(13)21(12)17(22)11-20-18(23)14-7-3-4-8-15(14)19/h2-9,12H,10-11H2,1H3,(H,20,23). The van der Waals surface area contributed by atoms with E-state index in [2.05, 4.69) is 5.32 Å². The Morgan fingerprint density at radius 1 is 1.17 bits per heavy atom. The molecule has 23 heavy (non-hydrogen) atoms. The Morgan fingerprint density at radius 2 is 1.87 bits per heavy atom. The van der Waals surface area contributed by atoms with Crippen molar-refractivity contribution >= 4 is 17.5 Å². The quantitative estimate of drug-likeness (QED) is 0.947. The first kappa shape index (κ1) is 15.2. The van der Waals surface area contributed by atoms with Crippen molar-refractivity contribution in [3.8, 4) is 0 Å². The molecular formula is C18H17FN2O2. The Bertz CT molecular complexity index is 760. The molecular weight excluding hydrogens is 295 g/mol. The van der Waals surface area contributed by atoms with Gasteiger partial charge < -0.3 is 10.2 Å². The van der Waals surface area contributed by atoms with Gasteiger partial charge in [-0.1, -0.05) is 30.3 Å². The van der Waals surface area contributed by atoms with E-state index in [0.29, 0.717) is 0 Å². The third-order valence-corrected chi connectivity index (χ3v) is 3.99. The van der Waals surface area contributed by atoms with Crippen LogP contribution in [0.1, 0.15) is 22.8 Å². The van der Waals surface area contributed by atoms with Crippen LogP contribution in [0.4, 0.5) is 10.1 Å². The lowest BCUT2D eigenvalue weighted by Crippen LogP contribution is -2.43. The summed E-state index contributed by atoms with van der Waals surface area (Å²) >= 11 is 0. The Morgan fingerprint density at radius 3 is 2.65 bits per heavy atom. The van der Waals surface area contributed by atoms with E-state index < -0.39 is 11.7 Å². The molecule has 5 heteroatoms. The second-order valence-electron chi connectivity index (χ2n) is 5.61. The van der Waals surface area contributed by atoms with Crippen molar-refractivity contribution < 1.29 is 14.0 Å². The van der Waals surface area contributed by atoms with Crippen molar-refractivity contribution in [2.45, 2.75) is 19.4 Å². The van der Waals surface area contributed by atoms with Gasteiger partial charge in [-0.15, -0.1) is 0 Å². The molecule has 0 saturated heterocycles. The molecule has 118 valence electrons. The smallest absolute Gasteiger partial charge is 0.254 e. The molecule has 0 spiro atoms. The van der Waals surface area contributed by atoms with Gasteiger partial charge in [-0.25, -0.2) is 4.39 Å². The minimum atomic E-state index is -0.600. The van der Waals surface area contributed by atoms with Gasteiger partial charge in [0.2, 0.25) is 5.91 Å². The minimum Gasteiger partial charge on any atom is -0.343 e. The lowest BCUT2D eigenvalue weighted by Gasteiger charge is -2.22. The molecule has 3 rings (SSSR count). The average Bonchev–Trinajstić information content (AvgIpc) is 2.88. The van der Waals surface area contributed by atoms with E-state index in [9.17, 15) is 14.0 Å². The number of para-hydroxylation sites is 1. The van der Waals surface area contributed by atoms with Gasteiger partial charge in [0, 0.05) is 11.7 Å². The number of benzene rings is 2. The second kappa shape index (κ2) is 6.20. The summed E-state index contributed by atoms with van der Waals surface area (Å²) in [6.45, 7) is 1.81. The summed E-state index contributed by atoms with van der Waals surface area (Å²) in [7, 11) is 0. The van der Waals surface area contributed by atoms with Crippen LogP contribution in [0.25, 0.3) is 0 Å². The predicted octanol–water partition coefficient (Wildman–Crippen LogP) is 2.53. The summed E-state index contributed by atoms with van der Waals surface area (Å²) < 4.78 is 13.6. The molecule has 4 nitrogen and oxygen atoms in total. The van der Waals surface area contributed by atoms with E-state index in [-0.39, 0.29) is 24.1 Å². The van der Waals surface area contributed by atoms with Gasteiger partial charge in [0.05, 0.1) is 12.1 Å². The zero-order chi connectivity index (χ0) is 16.4. The van der Waals surface area contributed by atoms with Gasteiger partial charge >= 0.3 is 0 Å². The van der Waals surface area contributed by atoms with Crippen molar-refractivity contribution in [1.29, 1.82) is 0 Å². The molecule has 0 saturated carbocycles. The first-order valence-corrected chi connectivity index (χ1v) is 7.50. The van der Waals surface area contributed by atoms with Crippen LogP contribution in [-0.2, 0) is 11.2 Å². The molecule has 1 unspecified atom stereocenters. The number of hydrogen-bond acceptors (Lipinski definition) is 2. The molecule has 1 aliphatic heterocycles. The number of anilines is 1. The van der Waals surface area contributed by atoms with Crippen molar-refractivity contribution in [3.63, 3.8) is 0 Å². The summed E-state index contributed by atoms with van der Waals surface area (Å²) in [5, 5.41) is 2.50. The Balaban J connectivity index is 1.69. The van der Waals surface area contributed by atoms with Gasteiger partial charge in [-0.3, -0.25) is 9.59 Å². The summed E-state index contributed by atoms with van der Waals surface area (Å²) in [5.41, 5.74) is 1.94. The number of amides is 2. The number of carbonyl (C=O) groups is 2.